The van der Waals surface area contributed by atoms with Crippen molar-refractivity contribution in [1.82, 2.24) is 0 Å². The third-order valence-electron chi connectivity index (χ3n) is 10.4. The standard InChI is InChI=1S/C25H32O4S/c1-13(26)30-19-11-14-10-15(27)4-7-23(14,2)17-5-8-24(3)22(21(17)19)16-12-18(16)25(24)9-6-20(28)29-25/h10,16-19,21-22H,4-9,11-12H2,1-3H3/t16?,17?,18-,19?,21?,22?,23+,24+,25+/m1/s1. The summed E-state index contributed by atoms with van der Waals surface area (Å²) in [7, 11) is 0. The molecule has 0 aromatic heterocycles. The van der Waals surface area contributed by atoms with Gasteiger partial charge in [0.2, 0.25) is 0 Å². The molecular formula is C25H32O4S. The number of allylic oxidation sites excluding steroid dienone is 1. The van der Waals surface area contributed by atoms with Crippen LogP contribution in [0.4, 0.5) is 0 Å². The normalized spacial score (nSPS) is 53.4. The lowest BCUT2D eigenvalue weighted by atomic mass is 9.45. The Hall–Kier alpha value is -1.10. The highest BCUT2D eigenvalue weighted by Crippen LogP contribution is 2.79. The van der Waals surface area contributed by atoms with Crippen LogP contribution in [0.15, 0.2) is 11.6 Å². The average Bonchev–Trinajstić information content (AvgIpc) is 3.31. The van der Waals surface area contributed by atoms with Gasteiger partial charge >= 0.3 is 5.97 Å². The molecule has 1 spiro atoms. The molecule has 1 saturated heterocycles. The fraction of sp³-hybridized carbons (Fsp3) is 0.800. The summed E-state index contributed by atoms with van der Waals surface area (Å²) < 4.78 is 6.21. The Morgan fingerprint density at radius 2 is 1.93 bits per heavy atom. The second-order valence-corrected chi connectivity index (χ2v) is 12.9. The van der Waals surface area contributed by atoms with E-state index in [1.165, 1.54) is 23.8 Å². The number of carbonyl (C=O) groups excluding carboxylic acids is 3. The van der Waals surface area contributed by atoms with Gasteiger partial charge < -0.3 is 4.74 Å². The van der Waals surface area contributed by atoms with E-state index in [0.717, 1.165) is 32.1 Å². The summed E-state index contributed by atoms with van der Waals surface area (Å²) in [4.78, 5) is 36.7. The van der Waals surface area contributed by atoms with Crippen LogP contribution in [-0.2, 0) is 19.1 Å². The minimum Gasteiger partial charge on any atom is -0.458 e. The lowest BCUT2D eigenvalue weighted by molar-refractivity contribution is -0.176. The maximum absolute atomic E-state index is 12.3. The first-order valence-corrected chi connectivity index (χ1v) is 12.7. The van der Waals surface area contributed by atoms with E-state index in [0.29, 0.717) is 42.4 Å². The van der Waals surface area contributed by atoms with E-state index >= 15 is 0 Å². The Morgan fingerprint density at radius 1 is 1.13 bits per heavy atom. The molecule has 5 aliphatic carbocycles. The third kappa shape index (κ3) is 2.28. The van der Waals surface area contributed by atoms with Gasteiger partial charge in [0.05, 0.1) is 0 Å². The van der Waals surface area contributed by atoms with Crippen molar-refractivity contribution in [1.29, 1.82) is 0 Å². The lowest BCUT2D eigenvalue weighted by Gasteiger charge is -2.62. The Bertz CT molecular complexity index is 894. The molecule has 0 bridgehead atoms. The molecule has 6 aliphatic rings. The Labute approximate surface area is 182 Å². The van der Waals surface area contributed by atoms with Gasteiger partial charge in [-0.25, -0.2) is 0 Å². The zero-order valence-electron chi connectivity index (χ0n) is 18.2. The van der Waals surface area contributed by atoms with Crippen LogP contribution in [-0.4, -0.2) is 27.7 Å². The van der Waals surface area contributed by atoms with Gasteiger partial charge in [-0.1, -0.05) is 31.2 Å². The monoisotopic (exact) mass is 428 g/mol. The molecule has 162 valence electrons. The van der Waals surface area contributed by atoms with Crippen LogP contribution < -0.4 is 0 Å². The second-order valence-electron chi connectivity index (χ2n) is 11.4. The minimum absolute atomic E-state index is 0.00840. The maximum atomic E-state index is 12.3. The van der Waals surface area contributed by atoms with Crippen LogP contribution in [0.1, 0.15) is 72.1 Å². The van der Waals surface area contributed by atoms with Crippen molar-refractivity contribution in [3.63, 3.8) is 0 Å². The summed E-state index contributed by atoms with van der Waals surface area (Å²) >= 11 is 1.52. The number of esters is 1. The molecule has 5 unspecified atom stereocenters. The van der Waals surface area contributed by atoms with Crippen LogP contribution in [0.5, 0.6) is 0 Å². The Balaban J connectivity index is 1.45. The van der Waals surface area contributed by atoms with Crippen LogP contribution in [0.2, 0.25) is 0 Å². The van der Waals surface area contributed by atoms with Gasteiger partial charge in [-0.05, 0) is 73.7 Å². The van der Waals surface area contributed by atoms with Crippen LogP contribution >= 0.6 is 11.8 Å². The number of carbonyl (C=O) groups is 3. The molecule has 30 heavy (non-hydrogen) atoms. The van der Waals surface area contributed by atoms with Gasteiger partial charge in [-0.3, -0.25) is 14.4 Å². The number of rotatable bonds is 1. The van der Waals surface area contributed by atoms with Gasteiger partial charge in [0.1, 0.15) is 5.60 Å². The van der Waals surface area contributed by atoms with Crippen molar-refractivity contribution in [2.75, 3.05) is 0 Å². The predicted octanol–water partition coefficient (Wildman–Crippen LogP) is 4.71. The lowest BCUT2D eigenvalue weighted by Crippen LogP contribution is -2.59. The molecule has 0 aromatic rings. The summed E-state index contributed by atoms with van der Waals surface area (Å²) in [5.74, 6) is 2.94. The average molecular weight is 429 g/mol. The van der Waals surface area contributed by atoms with Gasteiger partial charge in [0.15, 0.2) is 10.9 Å². The zero-order chi connectivity index (χ0) is 21.1. The van der Waals surface area contributed by atoms with E-state index in [1.54, 1.807) is 6.92 Å². The molecule has 0 amide bonds. The highest BCUT2D eigenvalue weighted by molar-refractivity contribution is 8.14. The molecule has 5 fully saturated rings. The molecular weight excluding hydrogens is 396 g/mol. The SMILES string of the molecule is CC(=O)SC1CC2=CC(=O)CC[C@]2(C)C2CC[C@@]3(C)C(C12)C1C[C@H]1[C@@]31CCC(=O)O1. The zero-order valence-corrected chi connectivity index (χ0v) is 19.1. The summed E-state index contributed by atoms with van der Waals surface area (Å²) in [5, 5.41) is 0.431. The molecule has 0 radical (unpaired) electrons. The number of hydrogen-bond donors (Lipinski definition) is 0. The van der Waals surface area contributed by atoms with Crippen molar-refractivity contribution in [2.24, 2.45) is 40.4 Å². The Morgan fingerprint density at radius 3 is 2.63 bits per heavy atom. The highest BCUT2D eigenvalue weighted by Gasteiger charge is 2.79. The molecule has 4 saturated carbocycles. The largest absolute Gasteiger partial charge is 0.458 e. The first-order chi connectivity index (χ1) is 14.2. The number of ether oxygens (including phenoxy) is 1. The Kier molecular flexibility index (Phi) is 3.93. The van der Waals surface area contributed by atoms with E-state index in [-0.39, 0.29) is 38.5 Å². The second kappa shape index (κ2) is 6.02. The fourth-order valence-corrected chi connectivity index (χ4v) is 10.4. The summed E-state index contributed by atoms with van der Waals surface area (Å²) in [6.07, 6.45) is 9.27. The third-order valence-corrected chi connectivity index (χ3v) is 11.5. The topological polar surface area (TPSA) is 60.4 Å². The first kappa shape index (κ1) is 19.6. The summed E-state index contributed by atoms with van der Waals surface area (Å²) in [5.41, 5.74) is 1.16. The molecule has 6 rings (SSSR count). The van der Waals surface area contributed by atoms with Crippen molar-refractivity contribution < 1.29 is 19.1 Å². The number of ketones is 1. The van der Waals surface area contributed by atoms with Crippen molar-refractivity contribution >= 4 is 28.6 Å². The van der Waals surface area contributed by atoms with Crippen molar-refractivity contribution in [3.8, 4) is 0 Å². The maximum Gasteiger partial charge on any atom is 0.306 e. The van der Waals surface area contributed by atoms with Crippen LogP contribution in [0.25, 0.3) is 0 Å². The van der Waals surface area contributed by atoms with Gasteiger partial charge in [0.25, 0.3) is 0 Å². The number of thioether (sulfide) groups is 1. The number of fused-ring (bicyclic) bond motifs is 9. The quantitative estimate of drug-likeness (QED) is 0.566. The molecule has 4 nitrogen and oxygen atoms in total. The summed E-state index contributed by atoms with van der Waals surface area (Å²) in [6, 6.07) is 0. The van der Waals surface area contributed by atoms with Crippen LogP contribution in [0.3, 0.4) is 0 Å². The molecule has 1 heterocycles. The summed E-state index contributed by atoms with van der Waals surface area (Å²) in [6.45, 7) is 6.49. The van der Waals surface area contributed by atoms with E-state index in [4.69, 9.17) is 4.74 Å². The molecule has 0 aromatic carbocycles. The van der Waals surface area contributed by atoms with Crippen molar-refractivity contribution in [3.05, 3.63) is 11.6 Å². The first-order valence-electron chi connectivity index (χ1n) is 11.8. The fourth-order valence-electron chi connectivity index (χ4n) is 9.18. The van der Waals surface area contributed by atoms with Crippen molar-refractivity contribution in [2.45, 2.75) is 83.0 Å². The van der Waals surface area contributed by atoms with Gasteiger partial charge in [-0.15, -0.1) is 0 Å². The smallest absolute Gasteiger partial charge is 0.306 e. The van der Waals surface area contributed by atoms with Gasteiger partial charge in [0, 0.05) is 36.3 Å². The molecule has 9 atom stereocenters. The van der Waals surface area contributed by atoms with Crippen LogP contribution in [0, 0.1) is 40.4 Å². The predicted molar refractivity (Wildman–Crippen MR) is 115 cm³/mol. The minimum atomic E-state index is -0.255. The molecule has 1 aliphatic heterocycles. The van der Waals surface area contributed by atoms with Gasteiger partial charge in [-0.2, -0.15) is 0 Å². The van der Waals surface area contributed by atoms with E-state index in [1.807, 2.05) is 6.08 Å². The number of hydrogen-bond acceptors (Lipinski definition) is 5. The van der Waals surface area contributed by atoms with E-state index < -0.39 is 0 Å². The highest BCUT2D eigenvalue weighted by atomic mass is 32.2. The van der Waals surface area contributed by atoms with E-state index in [9.17, 15) is 14.4 Å². The molecule has 5 heteroatoms. The molecule has 0 N–H and O–H groups in total. The van der Waals surface area contributed by atoms with E-state index in [2.05, 4.69) is 13.8 Å².